The Bertz CT molecular complexity index is 502. The van der Waals surface area contributed by atoms with E-state index in [9.17, 15) is 0 Å². The summed E-state index contributed by atoms with van der Waals surface area (Å²) in [4.78, 5) is 7.77. The molecule has 3 rings (SSSR count). The molecule has 1 aromatic carbocycles. The van der Waals surface area contributed by atoms with Gasteiger partial charge in [0.2, 0.25) is 0 Å². The molecule has 84 valence electrons. The van der Waals surface area contributed by atoms with Crippen LogP contribution in [-0.2, 0) is 6.54 Å². The van der Waals surface area contributed by atoms with Crippen molar-refractivity contribution in [2.45, 2.75) is 19.4 Å². The molecule has 0 amide bonds. The van der Waals surface area contributed by atoms with Gasteiger partial charge >= 0.3 is 0 Å². The van der Waals surface area contributed by atoms with Crippen molar-refractivity contribution in [2.75, 3.05) is 6.54 Å². The standard InChI is InChI=1S/C12H14ClN3/c13-9-3-4-10-11(5-9)16-12(15-10)7-14-6-8-1-2-8/h3-5,8,14H,1-2,6-7H2,(H,15,16). The topological polar surface area (TPSA) is 40.7 Å². The normalized spacial score (nSPS) is 15.8. The summed E-state index contributed by atoms with van der Waals surface area (Å²) in [5, 5.41) is 4.16. The van der Waals surface area contributed by atoms with Crippen LogP contribution in [0.25, 0.3) is 11.0 Å². The smallest absolute Gasteiger partial charge is 0.121 e. The van der Waals surface area contributed by atoms with Crippen LogP contribution in [0.5, 0.6) is 0 Å². The monoisotopic (exact) mass is 235 g/mol. The second kappa shape index (κ2) is 4.07. The highest BCUT2D eigenvalue weighted by Gasteiger charge is 2.20. The average molecular weight is 236 g/mol. The van der Waals surface area contributed by atoms with Gasteiger partial charge in [0.25, 0.3) is 0 Å². The number of hydrogen-bond donors (Lipinski definition) is 2. The molecule has 1 heterocycles. The molecule has 0 spiro atoms. The molecular weight excluding hydrogens is 222 g/mol. The highest BCUT2D eigenvalue weighted by molar-refractivity contribution is 6.31. The molecule has 0 radical (unpaired) electrons. The van der Waals surface area contributed by atoms with Gasteiger partial charge < -0.3 is 10.3 Å². The summed E-state index contributed by atoms with van der Waals surface area (Å²) in [5.41, 5.74) is 1.99. The van der Waals surface area contributed by atoms with Crippen molar-refractivity contribution >= 4 is 22.6 Å². The Morgan fingerprint density at radius 3 is 3.12 bits per heavy atom. The predicted molar refractivity (Wildman–Crippen MR) is 65.5 cm³/mol. The Labute approximate surface area is 99.2 Å². The summed E-state index contributed by atoms with van der Waals surface area (Å²) in [6.45, 7) is 1.92. The molecule has 0 aliphatic heterocycles. The highest BCUT2D eigenvalue weighted by atomic mass is 35.5. The summed E-state index contributed by atoms with van der Waals surface area (Å²) in [5.74, 6) is 1.89. The fraction of sp³-hybridized carbons (Fsp3) is 0.417. The van der Waals surface area contributed by atoms with Crippen molar-refractivity contribution < 1.29 is 0 Å². The van der Waals surface area contributed by atoms with Gasteiger partial charge in [-0.1, -0.05) is 11.6 Å². The minimum atomic E-state index is 0.744. The van der Waals surface area contributed by atoms with Gasteiger partial charge in [0, 0.05) is 5.02 Å². The number of nitrogens with zero attached hydrogens (tertiary/aromatic N) is 1. The summed E-state index contributed by atoms with van der Waals surface area (Å²) < 4.78 is 0. The molecule has 0 saturated heterocycles. The van der Waals surface area contributed by atoms with E-state index in [1.807, 2.05) is 18.2 Å². The van der Waals surface area contributed by atoms with E-state index in [1.54, 1.807) is 0 Å². The van der Waals surface area contributed by atoms with Gasteiger partial charge in [0.1, 0.15) is 5.82 Å². The number of aromatic nitrogens is 2. The molecule has 1 aromatic heterocycles. The van der Waals surface area contributed by atoms with Crippen LogP contribution in [0.4, 0.5) is 0 Å². The van der Waals surface area contributed by atoms with E-state index in [4.69, 9.17) is 11.6 Å². The van der Waals surface area contributed by atoms with Crippen molar-refractivity contribution in [2.24, 2.45) is 5.92 Å². The van der Waals surface area contributed by atoms with E-state index in [-0.39, 0.29) is 0 Å². The molecule has 1 aliphatic carbocycles. The number of hydrogen-bond acceptors (Lipinski definition) is 2. The quantitative estimate of drug-likeness (QED) is 0.856. The summed E-state index contributed by atoms with van der Waals surface area (Å²) in [7, 11) is 0. The number of fused-ring (bicyclic) bond motifs is 1. The maximum Gasteiger partial charge on any atom is 0.121 e. The molecule has 2 aromatic rings. The van der Waals surface area contributed by atoms with Crippen LogP contribution in [-0.4, -0.2) is 16.5 Å². The van der Waals surface area contributed by atoms with Gasteiger partial charge in [-0.25, -0.2) is 4.98 Å². The number of nitrogens with one attached hydrogen (secondary N) is 2. The van der Waals surface area contributed by atoms with Gasteiger partial charge in [-0.2, -0.15) is 0 Å². The third-order valence-electron chi connectivity index (χ3n) is 2.92. The fourth-order valence-electron chi connectivity index (χ4n) is 1.84. The Hall–Kier alpha value is -1.06. The molecule has 4 heteroatoms. The predicted octanol–water partition coefficient (Wildman–Crippen LogP) is 2.72. The highest BCUT2D eigenvalue weighted by Crippen LogP contribution is 2.27. The van der Waals surface area contributed by atoms with E-state index in [0.29, 0.717) is 0 Å². The SMILES string of the molecule is Clc1ccc2nc(CNCC3CC3)[nH]c2c1. The van der Waals surface area contributed by atoms with Gasteiger partial charge in [-0.15, -0.1) is 0 Å². The Morgan fingerprint density at radius 1 is 1.44 bits per heavy atom. The number of rotatable bonds is 4. The van der Waals surface area contributed by atoms with Crippen molar-refractivity contribution in [3.8, 4) is 0 Å². The number of H-pyrrole nitrogens is 1. The average Bonchev–Trinajstić information content (AvgIpc) is 2.98. The first kappa shape index (κ1) is 10.1. The first-order valence-electron chi connectivity index (χ1n) is 5.66. The van der Waals surface area contributed by atoms with Crippen LogP contribution in [0.3, 0.4) is 0 Å². The summed E-state index contributed by atoms with van der Waals surface area (Å²) >= 11 is 5.92. The van der Waals surface area contributed by atoms with E-state index >= 15 is 0 Å². The van der Waals surface area contributed by atoms with Crippen LogP contribution in [0.1, 0.15) is 18.7 Å². The first-order chi connectivity index (χ1) is 7.81. The molecular formula is C12H14ClN3. The molecule has 1 saturated carbocycles. The summed E-state index contributed by atoms with van der Waals surface area (Å²) in [6, 6.07) is 5.72. The number of aromatic amines is 1. The number of benzene rings is 1. The second-order valence-electron chi connectivity index (χ2n) is 4.42. The van der Waals surface area contributed by atoms with E-state index in [2.05, 4.69) is 15.3 Å². The lowest BCUT2D eigenvalue weighted by Crippen LogP contribution is -2.16. The molecule has 0 unspecified atom stereocenters. The van der Waals surface area contributed by atoms with Crippen LogP contribution >= 0.6 is 11.6 Å². The van der Waals surface area contributed by atoms with Crippen LogP contribution in [0.2, 0.25) is 5.02 Å². The zero-order chi connectivity index (χ0) is 11.0. The van der Waals surface area contributed by atoms with Gasteiger partial charge in [-0.05, 0) is 43.5 Å². The van der Waals surface area contributed by atoms with Crippen molar-refractivity contribution in [1.82, 2.24) is 15.3 Å². The van der Waals surface area contributed by atoms with Crippen LogP contribution < -0.4 is 5.32 Å². The maximum atomic E-state index is 5.92. The maximum absolute atomic E-state index is 5.92. The Kier molecular flexibility index (Phi) is 2.58. The second-order valence-corrected chi connectivity index (χ2v) is 4.86. The van der Waals surface area contributed by atoms with Gasteiger partial charge in [0.05, 0.1) is 17.6 Å². The van der Waals surface area contributed by atoms with Crippen molar-refractivity contribution in [1.29, 1.82) is 0 Å². The van der Waals surface area contributed by atoms with Crippen molar-refractivity contribution in [3.05, 3.63) is 29.0 Å². The molecule has 2 N–H and O–H groups in total. The van der Waals surface area contributed by atoms with Crippen molar-refractivity contribution in [3.63, 3.8) is 0 Å². The molecule has 3 nitrogen and oxygen atoms in total. The Morgan fingerprint density at radius 2 is 2.31 bits per heavy atom. The lowest BCUT2D eigenvalue weighted by molar-refractivity contribution is 0.624. The summed E-state index contributed by atoms with van der Waals surface area (Å²) in [6.07, 6.45) is 2.76. The third-order valence-corrected chi connectivity index (χ3v) is 3.15. The molecule has 1 fully saturated rings. The zero-order valence-corrected chi connectivity index (χ0v) is 9.72. The zero-order valence-electron chi connectivity index (χ0n) is 8.96. The largest absolute Gasteiger partial charge is 0.341 e. The minimum Gasteiger partial charge on any atom is -0.341 e. The minimum absolute atomic E-state index is 0.744. The molecule has 1 aliphatic rings. The van der Waals surface area contributed by atoms with E-state index in [0.717, 1.165) is 40.9 Å². The lowest BCUT2D eigenvalue weighted by Gasteiger charge is -1.98. The fourth-order valence-corrected chi connectivity index (χ4v) is 2.01. The number of halogens is 1. The molecule has 0 atom stereocenters. The van der Waals surface area contributed by atoms with E-state index in [1.165, 1.54) is 12.8 Å². The number of imidazole rings is 1. The first-order valence-corrected chi connectivity index (χ1v) is 6.04. The lowest BCUT2D eigenvalue weighted by atomic mass is 10.3. The van der Waals surface area contributed by atoms with Crippen LogP contribution in [0.15, 0.2) is 18.2 Å². The molecule has 0 bridgehead atoms. The van der Waals surface area contributed by atoms with E-state index < -0.39 is 0 Å². The van der Waals surface area contributed by atoms with Gasteiger partial charge in [0.15, 0.2) is 0 Å². The third kappa shape index (κ3) is 2.20. The van der Waals surface area contributed by atoms with Gasteiger partial charge in [-0.3, -0.25) is 0 Å². The molecule has 16 heavy (non-hydrogen) atoms. The van der Waals surface area contributed by atoms with Crippen LogP contribution in [0, 0.1) is 5.92 Å². The Balaban J connectivity index is 1.71.